The quantitative estimate of drug-likeness (QED) is 0.919. The van der Waals surface area contributed by atoms with Gasteiger partial charge in [-0.25, -0.2) is 0 Å². The lowest BCUT2D eigenvalue weighted by molar-refractivity contribution is 0.0853. The van der Waals surface area contributed by atoms with Gasteiger partial charge in [0.15, 0.2) is 0 Å². The molecule has 0 bridgehead atoms. The van der Waals surface area contributed by atoms with Crippen molar-refractivity contribution < 1.29 is 4.74 Å². The molecule has 1 aromatic rings. The van der Waals surface area contributed by atoms with Crippen LogP contribution in [-0.4, -0.2) is 44.3 Å². The first kappa shape index (κ1) is 15.5. The molecule has 2 saturated heterocycles. The van der Waals surface area contributed by atoms with E-state index in [1.807, 2.05) is 0 Å². The highest BCUT2D eigenvalue weighted by Gasteiger charge is 2.38. The lowest BCUT2D eigenvalue weighted by atomic mass is 9.77. The van der Waals surface area contributed by atoms with Crippen LogP contribution < -0.4 is 5.32 Å². The normalized spacial score (nSPS) is 32.0. The summed E-state index contributed by atoms with van der Waals surface area (Å²) in [6.45, 7) is 6.66. The number of hydrogen-bond acceptors (Lipinski definition) is 3. The van der Waals surface area contributed by atoms with Crippen molar-refractivity contribution >= 4 is 5.69 Å². The van der Waals surface area contributed by atoms with E-state index in [2.05, 4.69) is 42.4 Å². The molecule has 3 heterocycles. The zero-order valence-corrected chi connectivity index (χ0v) is 14.6. The standard InChI is InChI=1S/C20H30N2O/c1-20(13-17-4-3-9-22(17)2)14-21-19-6-5-16(12-18(19)20)15-7-10-23-11-8-15/h5-6,12,15,17,21H,3-4,7-11,13-14H2,1-2H3/t17-,20?/m1/s1. The van der Waals surface area contributed by atoms with Crippen LogP contribution in [0.1, 0.15) is 56.1 Å². The highest BCUT2D eigenvalue weighted by atomic mass is 16.5. The van der Waals surface area contributed by atoms with Crippen molar-refractivity contribution in [1.29, 1.82) is 0 Å². The monoisotopic (exact) mass is 314 g/mol. The van der Waals surface area contributed by atoms with E-state index in [-0.39, 0.29) is 5.41 Å². The van der Waals surface area contributed by atoms with Gasteiger partial charge in [0.05, 0.1) is 0 Å². The number of fused-ring (bicyclic) bond motifs is 1. The first-order chi connectivity index (χ1) is 11.2. The number of rotatable bonds is 3. The minimum absolute atomic E-state index is 0.278. The van der Waals surface area contributed by atoms with Crippen LogP contribution in [-0.2, 0) is 10.2 Å². The molecular weight excluding hydrogens is 284 g/mol. The van der Waals surface area contributed by atoms with Crippen molar-refractivity contribution in [3.8, 4) is 0 Å². The van der Waals surface area contributed by atoms with Crippen molar-refractivity contribution in [3.05, 3.63) is 29.3 Å². The summed E-state index contributed by atoms with van der Waals surface area (Å²) < 4.78 is 5.54. The van der Waals surface area contributed by atoms with Gasteiger partial charge in [-0.1, -0.05) is 19.1 Å². The molecule has 0 spiro atoms. The van der Waals surface area contributed by atoms with Gasteiger partial charge in [0.25, 0.3) is 0 Å². The van der Waals surface area contributed by atoms with Crippen LogP contribution in [0.3, 0.4) is 0 Å². The molecule has 2 fully saturated rings. The van der Waals surface area contributed by atoms with Crippen molar-refractivity contribution in [3.63, 3.8) is 0 Å². The maximum Gasteiger partial charge on any atom is 0.0471 e. The number of anilines is 1. The fraction of sp³-hybridized carbons (Fsp3) is 0.700. The third-order valence-electron chi connectivity index (χ3n) is 6.41. The van der Waals surface area contributed by atoms with Crippen molar-refractivity contribution in [2.45, 2.75) is 56.4 Å². The van der Waals surface area contributed by atoms with Crippen LogP contribution >= 0.6 is 0 Å². The molecule has 4 rings (SSSR count). The highest BCUT2D eigenvalue weighted by Crippen LogP contribution is 2.43. The van der Waals surface area contributed by atoms with E-state index in [1.165, 1.54) is 49.9 Å². The summed E-state index contributed by atoms with van der Waals surface area (Å²) in [6, 6.07) is 7.93. The summed E-state index contributed by atoms with van der Waals surface area (Å²) in [5.74, 6) is 0.688. The average Bonchev–Trinajstić information content (AvgIpc) is 3.12. The number of likely N-dealkylation sites (tertiary alicyclic amines) is 1. The molecule has 0 aliphatic carbocycles. The van der Waals surface area contributed by atoms with E-state index >= 15 is 0 Å². The van der Waals surface area contributed by atoms with Crippen LogP contribution in [0.25, 0.3) is 0 Å². The second kappa shape index (κ2) is 6.10. The van der Waals surface area contributed by atoms with E-state index in [9.17, 15) is 0 Å². The van der Waals surface area contributed by atoms with Crippen molar-refractivity contribution in [2.75, 3.05) is 38.7 Å². The van der Waals surface area contributed by atoms with Gasteiger partial charge in [-0.15, -0.1) is 0 Å². The molecule has 0 amide bonds. The minimum atomic E-state index is 0.278. The van der Waals surface area contributed by atoms with Gasteiger partial charge in [0.2, 0.25) is 0 Å². The molecule has 0 radical (unpaired) electrons. The van der Waals surface area contributed by atoms with E-state index in [1.54, 1.807) is 5.56 Å². The predicted molar refractivity (Wildman–Crippen MR) is 95.3 cm³/mol. The SMILES string of the molecule is CN1CCC[C@@H]1CC1(C)CNc2ccc(C3CCOCC3)cc21. The lowest BCUT2D eigenvalue weighted by Crippen LogP contribution is -2.35. The molecule has 126 valence electrons. The Morgan fingerprint density at radius 1 is 1.26 bits per heavy atom. The molecule has 23 heavy (non-hydrogen) atoms. The van der Waals surface area contributed by atoms with E-state index in [4.69, 9.17) is 4.74 Å². The third-order valence-corrected chi connectivity index (χ3v) is 6.41. The first-order valence-corrected chi connectivity index (χ1v) is 9.32. The molecule has 3 heteroatoms. The minimum Gasteiger partial charge on any atom is -0.384 e. The Morgan fingerprint density at radius 2 is 2.09 bits per heavy atom. The number of hydrogen-bond donors (Lipinski definition) is 1. The summed E-state index contributed by atoms with van der Waals surface area (Å²) in [4.78, 5) is 2.56. The summed E-state index contributed by atoms with van der Waals surface area (Å²) in [5, 5.41) is 3.67. The van der Waals surface area contributed by atoms with Gasteiger partial charge in [-0.05, 0) is 68.8 Å². The van der Waals surface area contributed by atoms with Crippen LogP contribution in [0.2, 0.25) is 0 Å². The van der Waals surface area contributed by atoms with Crippen LogP contribution in [0, 0.1) is 0 Å². The van der Waals surface area contributed by atoms with Crippen molar-refractivity contribution in [2.24, 2.45) is 0 Å². The van der Waals surface area contributed by atoms with Gasteiger partial charge >= 0.3 is 0 Å². The second-order valence-electron chi connectivity index (χ2n) is 8.09. The fourth-order valence-electron chi connectivity index (χ4n) is 4.83. The Hall–Kier alpha value is -1.06. The predicted octanol–water partition coefficient (Wildman–Crippen LogP) is 3.75. The Labute approximate surface area is 140 Å². The largest absolute Gasteiger partial charge is 0.384 e. The number of nitrogens with one attached hydrogen (secondary N) is 1. The summed E-state index contributed by atoms with van der Waals surface area (Å²) in [6.07, 6.45) is 6.35. The maximum atomic E-state index is 5.54. The number of nitrogens with zero attached hydrogens (tertiary/aromatic N) is 1. The van der Waals surface area contributed by atoms with Crippen molar-refractivity contribution in [1.82, 2.24) is 4.90 Å². The third kappa shape index (κ3) is 2.89. The molecule has 0 saturated carbocycles. The smallest absolute Gasteiger partial charge is 0.0471 e. The molecule has 1 unspecified atom stereocenters. The fourth-order valence-corrected chi connectivity index (χ4v) is 4.83. The molecule has 2 atom stereocenters. The Bertz CT molecular complexity index is 567. The summed E-state index contributed by atoms with van der Waals surface area (Å²) in [7, 11) is 2.29. The van der Waals surface area contributed by atoms with Gasteiger partial charge in [0, 0.05) is 36.9 Å². The van der Waals surface area contributed by atoms with Gasteiger partial charge in [-0.2, -0.15) is 0 Å². The van der Waals surface area contributed by atoms with Gasteiger partial charge in [-0.3, -0.25) is 0 Å². The van der Waals surface area contributed by atoms with Gasteiger partial charge in [0.1, 0.15) is 0 Å². The zero-order chi connectivity index (χ0) is 15.9. The first-order valence-electron chi connectivity index (χ1n) is 9.32. The average molecular weight is 314 g/mol. The molecule has 0 aromatic heterocycles. The van der Waals surface area contributed by atoms with Crippen LogP contribution in [0.15, 0.2) is 18.2 Å². The molecule has 3 aliphatic rings. The molecule has 3 nitrogen and oxygen atoms in total. The highest BCUT2D eigenvalue weighted by molar-refractivity contribution is 5.61. The Balaban J connectivity index is 1.58. The maximum absolute atomic E-state index is 5.54. The van der Waals surface area contributed by atoms with Gasteiger partial charge < -0.3 is 15.0 Å². The molecule has 1 N–H and O–H groups in total. The zero-order valence-electron chi connectivity index (χ0n) is 14.6. The Kier molecular flexibility index (Phi) is 4.10. The van der Waals surface area contributed by atoms with Crippen LogP contribution in [0.5, 0.6) is 0 Å². The summed E-state index contributed by atoms with van der Waals surface area (Å²) >= 11 is 0. The van der Waals surface area contributed by atoms with E-state index < -0.39 is 0 Å². The van der Waals surface area contributed by atoms with E-state index in [0.717, 1.165) is 25.8 Å². The molecule has 3 aliphatic heterocycles. The van der Waals surface area contributed by atoms with E-state index in [0.29, 0.717) is 5.92 Å². The molecular formula is C20H30N2O. The molecule has 1 aromatic carbocycles. The number of benzene rings is 1. The second-order valence-corrected chi connectivity index (χ2v) is 8.09. The Morgan fingerprint density at radius 3 is 2.83 bits per heavy atom. The topological polar surface area (TPSA) is 24.5 Å². The number of ether oxygens (including phenoxy) is 1. The van der Waals surface area contributed by atoms with Crippen LogP contribution in [0.4, 0.5) is 5.69 Å². The lowest BCUT2D eigenvalue weighted by Gasteiger charge is -2.31. The summed E-state index contributed by atoms with van der Waals surface area (Å²) in [5.41, 5.74) is 4.73.